The van der Waals surface area contributed by atoms with E-state index in [0.29, 0.717) is 12.8 Å². The van der Waals surface area contributed by atoms with E-state index >= 15 is 0 Å². The second-order valence-electron chi connectivity index (χ2n) is 8.75. The van der Waals surface area contributed by atoms with E-state index in [1.807, 2.05) is 13.8 Å². The number of aliphatic hydroxyl groups is 2. The Kier molecular flexibility index (Phi) is 12.8. The molecule has 0 spiro atoms. The van der Waals surface area contributed by atoms with Gasteiger partial charge >= 0.3 is 23.9 Å². The van der Waals surface area contributed by atoms with Crippen molar-refractivity contribution in [3.05, 3.63) is 47.5 Å². The van der Waals surface area contributed by atoms with Gasteiger partial charge in [-0.2, -0.15) is 0 Å². The SMILES string of the molecule is CCC(C)(CC)OC(=O)/C=C/C(=O)OCC(O)COC(=O)c1ccccc1C(=O)OCC(O)C(C)C. The number of hydrogen-bond acceptors (Lipinski definition) is 10. The molecular formula is C26H36O10. The summed E-state index contributed by atoms with van der Waals surface area (Å²) < 4.78 is 20.2. The van der Waals surface area contributed by atoms with Gasteiger partial charge in [-0.25, -0.2) is 19.2 Å². The van der Waals surface area contributed by atoms with E-state index in [9.17, 15) is 29.4 Å². The van der Waals surface area contributed by atoms with Crippen LogP contribution in [0.15, 0.2) is 36.4 Å². The predicted molar refractivity (Wildman–Crippen MR) is 129 cm³/mol. The molecule has 0 bridgehead atoms. The summed E-state index contributed by atoms with van der Waals surface area (Å²) in [7, 11) is 0. The Balaban J connectivity index is 2.55. The molecule has 10 nitrogen and oxygen atoms in total. The standard InChI is InChI=1S/C26H36O10/c1-6-26(5,7-2)36-23(30)13-12-22(29)33-14-18(27)15-34-24(31)19-10-8-9-11-20(19)25(32)35-16-21(28)17(3)4/h8-13,17-18,21,27-28H,6-7,14-16H2,1-5H3/b13-12+. The van der Waals surface area contributed by atoms with Gasteiger partial charge in [-0.05, 0) is 37.8 Å². The minimum Gasteiger partial charge on any atom is -0.460 e. The number of rotatable bonds is 14. The summed E-state index contributed by atoms with van der Waals surface area (Å²) >= 11 is 0. The molecule has 0 saturated heterocycles. The Labute approximate surface area is 211 Å². The maximum absolute atomic E-state index is 12.4. The zero-order chi connectivity index (χ0) is 27.3. The molecule has 2 unspecified atom stereocenters. The average Bonchev–Trinajstić information content (AvgIpc) is 2.87. The highest BCUT2D eigenvalue weighted by atomic mass is 16.6. The molecule has 2 N–H and O–H groups in total. The molecule has 1 aromatic rings. The zero-order valence-corrected chi connectivity index (χ0v) is 21.4. The maximum Gasteiger partial charge on any atom is 0.339 e. The smallest absolute Gasteiger partial charge is 0.339 e. The molecule has 0 aromatic heterocycles. The van der Waals surface area contributed by atoms with Gasteiger partial charge in [0.1, 0.15) is 31.5 Å². The highest BCUT2D eigenvalue weighted by Gasteiger charge is 2.24. The minimum atomic E-state index is -1.35. The van der Waals surface area contributed by atoms with E-state index in [1.54, 1.807) is 20.8 Å². The summed E-state index contributed by atoms with van der Waals surface area (Å²) in [5.74, 6) is -3.39. The maximum atomic E-state index is 12.4. The Hall–Kier alpha value is -3.24. The zero-order valence-electron chi connectivity index (χ0n) is 21.4. The molecule has 0 radical (unpaired) electrons. The minimum absolute atomic E-state index is 0.0568. The lowest BCUT2D eigenvalue weighted by molar-refractivity contribution is -0.153. The Morgan fingerprint density at radius 2 is 1.31 bits per heavy atom. The third-order valence-corrected chi connectivity index (χ3v) is 5.54. The monoisotopic (exact) mass is 508 g/mol. The van der Waals surface area contributed by atoms with Crippen molar-refractivity contribution < 1.29 is 48.3 Å². The second-order valence-corrected chi connectivity index (χ2v) is 8.75. The lowest BCUT2D eigenvalue weighted by Gasteiger charge is -2.26. The van der Waals surface area contributed by atoms with Gasteiger partial charge in [-0.3, -0.25) is 0 Å². The Morgan fingerprint density at radius 1 is 0.833 bits per heavy atom. The van der Waals surface area contributed by atoms with Crippen molar-refractivity contribution in [1.82, 2.24) is 0 Å². The van der Waals surface area contributed by atoms with Crippen LogP contribution in [0.25, 0.3) is 0 Å². The first kappa shape index (κ1) is 30.8. The number of benzene rings is 1. The number of hydrogen-bond donors (Lipinski definition) is 2. The quantitative estimate of drug-likeness (QED) is 0.218. The average molecular weight is 509 g/mol. The third kappa shape index (κ3) is 10.6. The summed E-state index contributed by atoms with van der Waals surface area (Å²) in [6.07, 6.45) is 0.858. The van der Waals surface area contributed by atoms with Crippen LogP contribution in [0.2, 0.25) is 0 Å². The van der Waals surface area contributed by atoms with Crippen molar-refractivity contribution in [2.75, 3.05) is 19.8 Å². The number of carbonyl (C=O) groups is 4. The summed E-state index contributed by atoms with van der Waals surface area (Å²) in [5, 5.41) is 19.8. The molecule has 1 rings (SSSR count). The van der Waals surface area contributed by atoms with Crippen molar-refractivity contribution in [2.24, 2.45) is 5.92 Å². The fourth-order valence-corrected chi connectivity index (χ4v) is 2.60. The van der Waals surface area contributed by atoms with Gasteiger partial charge < -0.3 is 29.2 Å². The number of ether oxygens (including phenoxy) is 4. The molecule has 0 aliphatic carbocycles. The normalized spacial score (nSPS) is 13.2. The molecule has 10 heteroatoms. The lowest BCUT2D eigenvalue weighted by atomic mass is 10.0. The molecule has 0 fully saturated rings. The number of esters is 4. The van der Waals surface area contributed by atoms with Crippen LogP contribution in [0.3, 0.4) is 0 Å². The second kappa shape index (κ2) is 15.0. The van der Waals surface area contributed by atoms with Gasteiger partial charge in [-0.1, -0.05) is 39.8 Å². The summed E-state index contributed by atoms with van der Waals surface area (Å²) in [6, 6.07) is 5.79. The van der Waals surface area contributed by atoms with Gasteiger partial charge in [-0.15, -0.1) is 0 Å². The van der Waals surface area contributed by atoms with Gasteiger partial charge in [0.05, 0.1) is 17.2 Å². The number of carbonyl (C=O) groups excluding carboxylic acids is 4. The van der Waals surface area contributed by atoms with E-state index in [0.717, 1.165) is 12.2 Å². The van der Waals surface area contributed by atoms with Gasteiger partial charge in [0.2, 0.25) is 0 Å². The highest BCUT2D eigenvalue weighted by Crippen LogP contribution is 2.19. The molecule has 200 valence electrons. The summed E-state index contributed by atoms with van der Waals surface area (Å²) in [4.78, 5) is 48.4. The van der Waals surface area contributed by atoms with E-state index in [1.165, 1.54) is 24.3 Å². The molecule has 36 heavy (non-hydrogen) atoms. The molecule has 0 aliphatic heterocycles. The van der Waals surface area contributed by atoms with Crippen LogP contribution in [0.5, 0.6) is 0 Å². The molecule has 0 saturated carbocycles. The molecule has 0 aliphatic rings. The highest BCUT2D eigenvalue weighted by molar-refractivity contribution is 6.03. The van der Waals surface area contributed by atoms with Crippen LogP contribution in [-0.2, 0) is 28.5 Å². The van der Waals surface area contributed by atoms with Crippen molar-refractivity contribution in [3.63, 3.8) is 0 Å². The Morgan fingerprint density at radius 3 is 1.81 bits per heavy atom. The first-order chi connectivity index (χ1) is 16.9. The van der Waals surface area contributed by atoms with Crippen LogP contribution in [0.4, 0.5) is 0 Å². The van der Waals surface area contributed by atoms with E-state index in [2.05, 4.69) is 0 Å². The largest absolute Gasteiger partial charge is 0.460 e. The molecule has 0 amide bonds. The Bertz CT molecular complexity index is 917. The molecule has 2 atom stereocenters. The summed E-state index contributed by atoms with van der Waals surface area (Å²) in [6.45, 7) is 7.85. The summed E-state index contributed by atoms with van der Waals surface area (Å²) in [5.41, 5.74) is -0.771. The van der Waals surface area contributed by atoms with E-state index in [-0.39, 0.29) is 23.7 Å². The van der Waals surface area contributed by atoms with Crippen LogP contribution in [0, 0.1) is 5.92 Å². The van der Waals surface area contributed by atoms with Crippen LogP contribution >= 0.6 is 0 Å². The first-order valence-electron chi connectivity index (χ1n) is 11.8. The van der Waals surface area contributed by atoms with Gasteiger partial charge in [0.15, 0.2) is 0 Å². The molecule has 1 aromatic carbocycles. The van der Waals surface area contributed by atoms with Crippen molar-refractivity contribution in [1.29, 1.82) is 0 Å². The third-order valence-electron chi connectivity index (χ3n) is 5.54. The number of aliphatic hydroxyl groups excluding tert-OH is 2. The fraction of sp³-hybridized carbons (Fsp3) is 0.538. The van der Waals surface area contributed by atoms with Crippen LogP contribution in [-0.4, -0.2) is 71.7 Å². The topological polar surface area (TPSA) is 146 Å². The van der Waals surface area contributed by atoms with Gasteiger partial charge in [0.25, 0.3) is 0 Å². The predicted octanol–water partition coefficient (Wildman–Crippen LogP) is 2.60. The van der Waals surface area contributed by atoms with Gasteiger partial charge in [0, 0.05) is 12.2 Å². The van der Waals surface area contributed by atoms with Crippen molar-refractivity contribution in [2.45, 2.75) is 65.3 Å². The molecular weight excluding hydrogens is 472 g/mol. The van der Waals surface area contributed by atoms with E-state index in [4.69, 9.17) is 18.9 Å². The molecule has 0 heterocycles. The van der Waals surface area contributed by atoms with Crippen molar-refractivity contribution >= 4 is 23.9 Å². The van der Waals surface area contributed by atoms with Crippen LogP contribution < -0.4 is 0 Å². The first-order valence-corrected chi connectivity index (χ1v) is 11.8. The lowest BCUT2D eigenvalue weighted by Crippen LogP contribution is -2.29. The van der Waals surface area contributed by atoms with Crippen molar-refractivity contribution in [3.8, 4) is 0 Å². The van der Waals surface area contributed by atoms with E-state index < -0.39 is 54.9 Å². The van der Waals surface area contributed by atoms with Crippen LogP contribution in [0.1, 0.15) is 68.2 Å². The fourth-order valence-electron chi connectivity index (χ4n) is 2.60.